The number of hydrogen-bond acceptors (Lipinski definition) is 3. The summed E-state index contributed by atoms with van der Waals surface area (Å²) in [4.78, 5) is 1.26. The van der Waals surface area contributed by atoms with Gasteiger partial charge in [-0.25, -0.2) is 0 Å². The van der Waals surface area contributed by atoms with E-state index in [0.717, 1.165) is 25.9 Å². The molecule has 0 bridgehead atoms. The van der Waals surface area contributed by atoms with Crippen molar-refractivity contribution in [3.63, 3.8) is 0 Å². The van der Waals surface area contributed by atoms with E-state index in [9.17, 15) is 5.11 Å². The van der Waals surface area contributed by atoms with Crippen LogP contribution >= 0.6 is 27.3 Å². The molecule has 2 rings (SSSR count). The van der Waals surface area contributed by atoms with Crippen molar-refractivity contribution >= 4 is 27.3 Å². The van der Waals surface area contributed by atoms with E-state index in [1.165, 1.54) is 14.9 Å². The quantitative estimate of drug-likeness (QED) is 0.867. The largest absolute Gasteiger partial charge is 0.388 e. The molecule has 1 unspecified atom stereocenters. The van der Waals surface area contributed by atoms with Crippen LogP contribution < -0.4 is 5.32 Å². The molecule has 1 aromatic rings. The van der Waals surface area contributed by atoms with E-state index in [0.29, 0.717) is 0 Å². The fraction of sp³-hybridized carbons (Fsp3) is 0.600. The standard InChI is InChI=1S/C10H14BrNOS/c1-7-5-14-8(9(7)11)4-10(13)2-3-12-6-10/h5,12-13H,2-4,6H2,1H3. The van der Waals surface area contributed by atoms with Gasteiger partial charge in [0.25, 0.3) is 0 Å². The van der Waals surface area contributed by atoms with Crippen molar-refractivity contribution in [3.8, 4) is 0 Å². The van der Waals surface area contributed by atoms with Gasteiger partial charge in [-0.05, 0) is 46.8 Å². The molecular formula is C10H14BrNOS. The molecule has 0 spiro atoms. The second kappa shape index (κ2) is 3.93. The number of nitrogens with one attached hydrogen (secondary N) is 1. The molecule has 2 N–H and O–H groups in total. The molecule has 0 aliphatic carbocycles. The van der Waals surface area contributed by atoms with Crippen LogP contribution in [-0.2, 0) is 6.42 Å². The monoisotopic (exact) mass is 275 g/mol. The Bertz CT molecular complexity index is 331. The first-order valence-electron chi connectivity index (χ1n) is 4.76. The molecule has 14 heavy (non-hydrogen) atoms. The minimum absolute atomic E-state index is 0.528. The Morgan fingerprint density at radius 3 is 3.00 bits per heavy atom. The Morgan fingerprint density at radius 2 is 2.50 bits per heavy atom. The second-order valence-corrected chi connectivity index (χ2v) is 5.74. The van der Waals surface area contributed by atoms with Gasteiger partial charge in [0.15, 0.2) is 0 Å². The highest BCUT2D eigenvalue weighted by Crippen LogP contribution is 2.32. The lowest BCUT2D eigenvalue weighted by atomic mass is 9.98. The topological polar surface area (TPSA) is 32.3 Å². The van der Waals surface area contributed by atoms with Crippen LogP contribution in [0.5, 0.6) is 0 Å². The summed E-state index contributed by atoms with van der Waals surface area (Å²) in [6.07, 6.45) is 1.62. The van der Waals surface area contributed by atoms with Crippen LogP contribution in [0, 0.1) is 6.92 Å². The third kappa shape index (κ3) is 2.03. The zero-order chi connectivity index (χ0) is 10.2. The van der Waals surface area contributed by atoms with E-state index >= 15 is 0 Å². The predicted octanol–water partition coefficient (Wildman–Crippen LogP) is 2.09. The first-order chi connectivity index (χ1) is 6.61. The molecule has 2 heterocycles. The van der Waals surface area contributed by atoms with Crippen molar-refractivity contribution in [1.82, 2.24) is 5.32 Å². The van der Waals surface area contributed by atoms with E-state index in [-0.39, 0.29) is 0 Å². The van der Waals surface area contributed by atoms with E-state index in [2.05, 4.69) is 33.6 Å². The van der Waals surface area contributed by atoms with Crippen LogP contribution in [0.2, 0.25) is 0 Å². The van der Waals surface area contributed by atoms with E-state index in [1.54, 1.807) is 11.3 Å². The van der Waals surface area contributed by atoms with Gasteiger partial charge in [-0.2, -0.15) is 0 Å². The molecule has 0 amide bonds. The van der Waals surface area contributed by atoms with Crippen molar-refractivity contribution in [2.75, 3.05) is 13.1 Å². The molecule has 1 fully saturated rings. The SMILES string of the molecule is Cc1csc(CC2(O)CCNC2)c1Br. The molecule has 0 radical (unpaired) electrons. The van der Waals surface area contributed by atoms with Crippen molar-refractivity contribution in [2.45, 2.75) is 25.4 Å². The lowest BCUT2D eigenvalue weighted by Gasteiger charge is -2.20. The zero-order valence-corrected chi connectivity index (χ0v) is 10.5. The minimum atomic E-state index is -0.528. The smallest absolute Gasteiger partial charge is 0.0832 e. The highest BCUT2D eigenvalue weighted by molar-refractivity contribution is 9.10. The highest BCUT2D eigenvalue weighted by Gasteiger charge is 2.32. The summed E-state index contributed by atoms with van der Waals surface area (Å²) in [6.45, 7) is 3.73. The minimum Gasteiger partial charge on any atom is -0.388 e. The van der Waals surface area contributed by atoms with E-state index in [1.807, 2.05) is 0 Å². The predicted molar refractivity (Wildman–Crippen MR) is 62.9 cm³/mol. The van der Waals surface area contributed by atoms with Crippen LogP contribution in [0.1, 0.15) is 16.9 Å². The van der Waals surface area contributed by atoms with Crippen LogP contribution in [0.25, 0.3) is 0 Å². The third-order valence-electron chi connectivity index (χ3n) is 2.68. The second-order valence-electron chi connectivity index (χ2n) is 3.98. The molecule has 1 aliphatic heterocycles. The van der Waals surface area contributed by atoms with Crippen LogP contribution in [0.15, 0.2) is 9.85 Å². The molecule has 0 saturated carbocycles. The number of rotatable bonds is 2. The zero-order valence-electron chi connectivity index (χ0n) is 8.14. The molecular weight excluding hydrogens is 262 g/mol. The number of aliphatic hydroxyl groups is 1. The van der Waals surface area contributed by atoms with Crippen molar-refractivity contribution in [1.29, 1.82) is 0 Å². The Morgan fingerprint density at radius 1 is 1.71 bits per heavy atom. The van der Waals surface area contributed by atoms with Gasteiger partial charge in [0.1, 0.15) is 0 Å². The summed E-state index contributed by atoms with van der Waals surface area (Å²) >= 11 is 5.29. The fourth-order valence-corrected chi connectivity index (χ4v) is 3.52. The molecule has 1 aliphatic rings. The molecule has 1 aromatic heterocycles. The number of aryl methyl sites for hydroxylation is 1. The molecule has 4 heteroatoms. The van der Waals surface area contributed by atoms with Crippen LogP contribution in [-0.4, -0.2) is 23.8 Å². The number of thiophene rings is 1. The Kier molecular flexibility index (Phi) is 2.98. The summed E-state index contributed by atoms with van der Waals surface area (Å²) in [5, 5.41) is 15.5. The first-order valence-corrected chi connectivity index (χ1v) is 6.44. The molecule has 1 saturated heterocycles. The number of β-amino-alcohol motifs (C(OH)–C–C–N with tert-alkyl or cyclic N) is 1. The van der Waals surface area contributed by atoms with Gasteiger partial charge in [-0.1, -0.05) is 0 Å². The fourth-order valence-electron chi connectivity index (χ4n) is 1.78. The lowest BCUT2D eigenvalue weighted by molar-refractivity contribution is 0.0626. The molecule has 1 atom stereocenters. The van der Waals surface area contributed by atoms with Crippen molar-refractivity contribution in [3.05, 3.63) is 20.3 Å². The van der Waals surface area contributed by atoms with E-state index in [4.69, 9.17) is 0 Å². The van der Waals surface area contributed by atoms with Crippen LogP contribution in [0.3, 0.4) is 0 Å². The van der Waals surface area contributed by atoms with E-state index < -0.39 is 5.60 Å². The Labute approximate surface area is 96.5 Å². The van der Waals surface area contributed by atoms with Crippen molar-refractivity contribution in [2.24, 2.45) is 0 Å². The summed E-state index contributed by atoms with van der Waals surface area (Å²) < 4.78 is 1.17. The highest BCUT2D eigenvalue weighted by atomic mass is 79.9. The van der Waals surface area contributed by atoms with Crippen molar-refractivity contribution < 1.29 is 5.11 Å². The maximum atomic E-state index is 10.2. The average molecular weight is 276 g/mol. The van der Waals surface area contributed by atoms with Gasteiger partial charge in [0.2, 0.25) is 0 Å². The van der Waals surface area contributed by atoms with Crippen LogP contribution in [0.4, 0.5) is 0 Å². The number of halogens is 1. The molecule has 78 valence electrons. The lowest BCUT2D eigenvalue weighted by Crippen LogP contribution is -2.33. The Hall–Kier alpha value is 0.100. The Balaban J connectivity index is 2.14. The molecule has 0 aromatic carbocycles. The van der Waals surface area contributed by atoms with Gasteiger partial charge in [-0.15, -0.1) is 11.3 Å². The average Bonchev–Trinajstić information content (AvgIpc) is 2.68. The third-order valence-corrected chi connectivity index (χ3v) is 5.15. The maximum absolute atomic E-state index is 10.2. The van der Waals surface area contributed by atoms with Gasteiger partial charge >= 0.3 is 0 Å². The normalized spacial score (nSPS) is 27.1. The van der Waals surface area contributed by atoms with Gasteiger partial charge < -0.3 is 10.4 Å². The summed E-state index contributed by atoms with van der Waals surface area (Å²) in [5.41, 5.74) is 0.736. The maximum Gasteiger partial charge on any atom is 0.0832 e. The van der Waals surface area contributed by atoms with Gasteiger partial charge in [-0.3, -0.25) is 0 Å². The summed E-state index contributed by atoms with van der Waals surface area (Å²) in [6, 6.07) is 0. The van der Waals surface area contributed by atoms with Gasteiger partial charge in [0.05, 0.1) is 5.60 Å². The first kappa shape index (κ1) is 10.6. The molecule has 2 nitrogen and oxygen atoms in total. The summed E-state index contributed by atoms with van der Waals surface area (Å²) in [7, 11) is 0. The van der Waals surface area contributed by atoms with Gasteiger partial charge in [0, 0.05) is 22.3 Å². The number of hydrogen-bond donors (Lipinski definition) is 2. The summed E-state index contributed by atoms with van der Waals surface area (Å²) in [5.74, 6) is 0.